The smallest absolute Gasteiger partial charge is 0.273 e. The van der Waals surface area contributed by atoms with Gasteiger partial charge in [0.25, 0.3) is 5.91 Å². The molecule has 0 N–H and O–H groups in total. The molecule has 1 amide bonds. The number of benzene rings is 1. The topological polar surface area (TPSA) is 34.5 Å². The highest BCUT2D eigenvalue weighted by Gasteiger charge is 2.49. The number of aromatic nitrogens is 1. The van der Waals surface area contributed by atoms with E-state index in [4.69, 9.17) is 4.74 Å². The molecule has 24 heavy (non-hydrogen) atoms. The zero-order chi connectivity index (χ0) is 16.7. The van der Waals surface area contributed by atoms with Gasteiger partial charge in [0, 0.05) is 29.9 Å². The number of amides is 1. The molecular weight excluding hydrogens is 300 g/mol. The molecule has 1 aliphatic heterocycles. The number of methoxy groups -OCH3 is 1. The summed E-state index contributed by atoms with van der Waals surface area (Å²) in [6, 6.07) is 9.63. The standard InChI is InChI=1S/C20H22N2O2/c1-15-8-3-4-11-20(15)14-17-16(9-7-10-18(17)24-2)19(23)22(20)21-12-5-6-13-21/h5-7,9-10,12-13H,1,3-4,8,11,14H2,2H3. The number of nitrogens with zero attached hydrogens (tertiary/aromatic N) is 2. The van der Waals surface area contributed by atoms with E-state index in [9.17, 15) is 4.79 Å². The van der Waals surface area contributed by atoms with Crippen molar-refractivity contribution in [3.05, 3.63) is 66.0 Å². The molecule has 2 heterocycles. The first-order valence-corrected chi connectivity index (χ1v) is 8.49. The normalized spacial score (nSPS) is 23.5. The lowest BCUT2D eigenvalue weighted by Gasteiger charge is -2.50. The summed E-state index contributed by atoms with van der Waals surface area (Å²) < 4.78 is 7.47. The van der Waals surface area contributed by atoms with E-state index in [1.807, 2.05) is 52.4 Å². The quantitative estimate of drug-likeness (QED) is 0.790. The summed E-state index contributed by atoms with van der Waals surface area (Å²) in [6.07, 6.45) is 8.79. The zero-order valence-corrected chi connectivity index (χ0v) is 14.0. The average molecular weight is 322 g/mol. The first-order valence-electron chi connectivity index (χ1n) is 8.49. The predicted molar refractivity (Wildman–Crippen MR) is 94.0 cm³/mol. The van der Waals surface area contributed by atoms with Gasteiger partial charge in [0.1, 0.15) is 5.75 Å². The van der Waals surface area contributed by atoms with Crippen molar-refractivity contribution in [1.82, 2.24) is 4.68 Å². The van der Waals surface area contributed by atoms with Crippen LogP contribution in [0.3, 0.4) is 0 Å². The van der Waals surface area contributed by atoms with Crippen molar-refractivity contribution in [2.45, 2.75) is 37.6 Å². The molecule has 1 atom stereocenters. The molecule has 1 unspecified atom stereocenters. The predicted octanol–water partition coefficient (Wildman–Crippen LogP) is 3.70. The van der Waals surface area contributed by atoms with Crippen LogP contribution in [0.4, 0.5) is 0 Å². The maximum atomic E-state index is 13.4. The van der Waals surface area contributed by atoms with Gasteiger partial charge in [-0.05, 0) is 49.1 Å². The number of hydrogen-bond donors (Lipinski definition) is 0. The van der Waals surface area contributed by atoms with Crippen LogP contribution in [-0.2, 0) is 6.42 Å². The van der Waals surface area contributed by atoms with E-state index >= 15 is 0 Å². The van der Waals surface area contributed by atoms with Gasteiger partial charge < -0.3 is 4.74 Å². The summed E-state index contributed by atoms with van der Waals surface area (Å²) in [6.45, 7) is 4.37. The summed E-state index contributed by atoms with van der Waals surface area (Å²) in [5.41, 5.74) is 2.52. The lowest BCUT2D eigenvalue weighted by molar-refractivity contribution is 0.0890. The lowest BCUT2D eigenvalue weighted by Crippen LogP contribution is -2.63. The largest absolute Gasteiger partial charge is 0.496 e. The van der Waals surface area contributed by atoms with Gasteiger partial charge >= 0.3 is 0 Å². The Kier molecular flexibility index (Phi) is 3.48. The van der Waals surface area contributed by atoms with Crippen molar-refractivity contribution >= 4 is 5.91 Å². The monoisotopic (exact) mass is 322 g/mol. The Labute approximate surface area is 142 Å². The molecule has 0 radical (unpaired) electrons. The second kappa shape index (κ2) is 5.55. The Hall–Kier alpha value is -2.49. The van der Waals surface area contributed by atoms with Crippen LogP contribution in [0.2, 0.25) is 0 Å². The number of ether oxygens (including phenoxy) is 1. The fraction of sp³-hybridized carbons (Fsp3) is 0.350. The van der Waals surface area contributed by atoms with E-state index in [1.165, 1.54) is 0 Å². The molecule has 2 aliphatic rings. The molecule has 1 spiro atoms. The van der Waals surface area contributed by atoms with E-state index in [1.54, 1.807) is 7.11 Å². The van der Waals surface area contributed by atoms with Crippen molar-refractivity contribution in [2.75, 3.05) is 12.1 Å². The van der Waals surface area contributed by atoms with Crippen LogP contribution in [0.15, 0.2) is 54.9 Å². The maximum Gasteiger partial charge on any atom is 0.273 e. The lowest BCUT2D eigenvalue weighted by atomic mass is 9.71. The minimum absolute atomic E-state index is 0.0226. The maximum absolute atomic E-state index is 13.4. The third-order valence-corrected chi connectivity index (χ3v) is 5.45. The number of rotatable bonds is 2. The van der Waals surface area contributed by atoms with Crippen LogP contribution < -0.4 is 9.75 Å². The Balaban J connectivity index is 1.93. The Morgan fingerprint density at radius 2 is 1.96 bits per heavy atom. The molecule has 4 rings (SSSR count). The Morgan fingerprint density at radius 3 is 2.67 bits per heavy atom. The van der Waals surface area contributed by atoms with Crippen molar-refractivity contribution in [1.29, 1.82) is 0 Å². The third kappa shape index (κ3) is 2.02. The average Bonchev–Trinajstić information content (AvgIpc) is 3.11. The highest BCUT2D eigenvalue weighted by atomic mass is 16.5. The fourth-order valence-corrected chi connectivity index (χ4v) is 4.23. The van der Waals surface area contributed by atoms with Gasteiger partial charge in [-0.25, -0.2) is 5.01 Å². The zero-order valence-electron chi connectivity index (χ0n) is 14.0. The summed E-state index contributed by atoms with van der Waals surface area (Å²) in [5.74, 6) is 0.820. The summed E-state index contributed by atoms with van der Waals surface area (Å²) in [7, 11) is 1.67. The molecule has 1 saturated carbocycles. The molecule has 1 aliphatic carbocycles. The van der Waals surface area contributed by atoms with Crippen LogP contribution in [0.1, 0.15) is 41.6 Å². The van der Waals surface area contributed by atoms with Gasteiger partial charge in [0.05, 0.1) is 12.6 Å². The molecule has 4 nitrogen and oxygen atoms in total. The fourth-order valence-electron chi connectivity index (χ4n) is 4.23. The number of carbonyl (C=O) groups is 1. The van der Waals surface area contributed by atoms with Gasteiger partial charge in [-0.1, -0.05) is 19.1 Å². The summed E-state index contributed by atoms with van der Waals surface area (Å²) >= 11 is 0. The van der Waals surface area contributed by atoms with Gasteiger partial charge in [-0.2, -0.15) is 0 Å². The van der Waals surface area contributed by atoms with E-state index in [0.717, 1.165) is 54.6 Å². The second-order valence-electron chi connectivity index (χ2n) is 6.69. The second-order valence-corrected chi connectivity index (χ2v) is 6.69. The van der Waals surface area contributed by atoms with E-state index in [-0.39, 0.29) is 11.4 Å². The number of fused-ring (bicyclic) bond motifs is 1. The van der Waals surface area contributed by atoms with Crippen molar-refractivity contribution < 1.29 is 9.53 Å². The van der Waals surface area contributed by atoms with Crippen LogP contribution in [-0.4, -0.2) is 23.2 Å². The molecule has 0 saturated heterocycles. The molecule has 1 fully saturated rings. The van der Waals surface area contributed by atoms with Crippen molar-refractivity contribution in [2.24, 2.45) is 0 Å². The first kappa shape index (κ1) is 15.1. The number of hydrogen-bond acceptors (Lipinski definition) is 2. The molecule has 124 valence electrons. The SMILES string of the molecule is C=C1CCCCC12Cc1c(OC)cccc1C(=O)N2n1cccc1. The third-order valence-electron chi connectivity index (χ3n) is 5.45. The highest BCUT2D eigenvalue weighted by Crippen LogP contribution is 2.45. The Morgan fingerprint density at radius 1 is 1.17 bits per heavy atom. The number of carbonyl (C=O) groups excluding carboxylic acids is 1. The van der Waals surface area contributed by atoms with E-state index in [2.05, 4.69) is 6.58 Å². The molecule has 1 aromatic heterocycles. The van der Waals surface area contributed by atoms with Crippen LogP contribution in [0, 0.1) is 0 Å². The Bertz CT molecular complexity index is 794. The van der Waals surface area contributed by atoms with Crippen molar-refractivity contribution in [3.8, 4) is 5.75 Å². The van der Waals surface area contributed by atoms with Gasteiger partial charge in [0.2, 0.25) is 0 Å². The van der Waals surface area contributed by atoms with Gasteiger partial charge in [-0.15, -0.1) is 0 Å². The van der Waals surface area contributed by atoms with Crippen molar-refractivity contribution in [3.63, 3.8) is 0 Å². The van der Waals surface area contributed by atoms with Gasteiger partial charge in [0.15, 0.2) is 0 Å². The van der Waals surface area contributed by atoms with E-state index in [0.29, 0.717) is 0 Å². The molecule has 4 heteroatoms. The summed E-state index contributed by atoms with van der Waals surface area (Å²) in [5, 5.41) is 1.91. The minimum Gasteiger partial charge on any atom is -0.496 e. The highest BCUT2D eigenvalue weighted by molar-refractivity contribution is 6.06. The van der Waals surface area contributed by atoms with Gasteiger partial charge in [-0.3, -0.25) is 9.47 Å². The minimum atomic E-state index is -0.365. The molecule has 0 bridgehead atoms. The van der Waals surface area contributed by atoms with E-state index < -0.39 is 0 Å². The van der Waals surface area contributed by atoms with Crippen LogP contribution in [0.5, 0.6) is 5.75 Å². The van der Waals surface area contributed by atoms with Crippen LogP contribution >= 0.6 is 0 Å². The summed E-state index contributed by atoms with van der Waals surface area (Å²) in [4.78, 5) is 13.4. The first-order chi connectivity index (χ1) is 11.7. The molecule has 2 aromatic rings. The molecule has 1 aromatic carbocycles. The van der Waals surface area contributed by atoms with Crippen LogP contribution in [0.25, 0.3) is 0 Å². The molecular formula is C20H22N2O2.